The average molecular weight is 479 g/mol. The fourth-order valence-corrected chi connectivity index (χ4v) is 4.88. The molecule has 4 nitrogen and oxygen atoms in total. The normalized spacial score (nSPS) is 18.5. The molecule has 2 aromatic rings. The summed E-state index contributed by atoms with van der Waals surface area (Å²) in [5.41, 5.74) is 1.85. The minimum Gasteiger partial charge on any atom is -0.486 e. The van der Waals surface area contributed by atoms with E-state index in [0.717, 1.165) is 31.2 Å². The summed E-state index contributed by atoms with van der Waals surface area (Å²) in [6.45, 7) is 0.199. The van der Waals surface area contributed by atoms with Crippen LogP contribution in [0.4, 0.5) is 4.39 Å². The quantitative estimate of drug-likeness (QED) is 0.416. The van der Waals surface area contributed by atoms with Crippen molar-refractivity contribution in [3.05, 3.63) is 69.1 Å². The molecule has 1 heterocycles. The van der Waals surface area contributed by atoms with Gasteiger partial charge in [0.25, 0.3) is 5.91 Å². The van der Waals surface area contributed by atoms with E-state index < -0.39 is 0 Å². The van der Waals surface area contributed by atoms with Crippen molar-refractivity contribution in [3.8, 4) is 5.75 Å². The zero-order chi connectivity index (χ0) is 22.0. The van der Waals surface area contributed by atoms with Gasteiger partial charge in [-0.2, -0.15) is 0 Å². The standard InChI is InChI=1S/C23H21Cl2FN2O2S/c24-18-10-15(11-19(25)21(18)30-13-14-6-8-16(26)9-7-14)12-20-22(29)28(23(31)27-20)17-4-2-1-3-5-17/h6-12,17H,1-5,13H2,(H,27,31)/b20-12-. The first-order chi connectivity index (χ1) is 14.9. The van der Waals surface area contributed by atoms with E-state index in [2.05, 4.69) is 5.32 Å². The van der Waals surface area contributed by atoms with Crippen LogP contribution in [0.1, 0.15) is 43.2 Å². The maximum atomic E-state index is 13.0. The summed E-state index contributed by atoms with van der Waals surface area (Å²) in [5.74, 6) is -0.102. The number of hydrogen-bond acceptors (Lipinski definition) is 3. The maximum absolute atomic E-state index is 13.0. The molecule has 1 amide bonds. The molecule has 0 atom stereocenters. The topological polar surface area (TPSA) is 41.6 Å². The highest BCUT2D eigenvalue weighted by Gasteiger charge is 2.36. The van der Waals surface area contributed by atoms with Gasteiger partial charge in [-0.25, -0.2) is 4.39 Å². The van der Waals surface area contributed by atoms with Gasteiger partial charge in [-0.15, -0.1) is 0 Å². The molecular weight excluding hydrogens is 458 g/mol. The molecule has 2 aliphatic rings. The second-order valence-corrected chi connectivity index (χ2v) is 8.89. The summed E-state index contributed by atoms with van der Waals surface area (Å²) >= 11 is 18.2. The first kappa shape index (κ1) is 22.1. The SMILES string of the molecule is O=C1/C(=C/c2cc(Cl)c(OCc3ccc(F)cc3)c(Cl)c2)NC(=S)N1C1CCCCC1. The molecule has 1 aliphatic heterocycles. The molecule has 162 valence electrons. The number of carbonyl (C=O) groups excluding carboxylic acids is 1. The first-order valence-corrected chi connectivity index (χ1v) is 11.3. The van der Waals surface area contributed by atoms with Crippen LogP contribution in [0, 0.1) is 5.82 Å². The molecule has 1 aliphatic carbocycles. The zero-order valence-electron chi connectivity index (χ0n) is 16.7. The highest BCUT2D eigenvalue weighted by molar-refractivity contribution is 7.80. The molecule has 2 aromatic carbocycles. The summed E-state index contributed by atoms with van der Waals surface area (Å²) in [6, 6.07) is 9.51. The van der Waals surface area contributed by atoms with E-state index in [1.165, 1.54) is 18.6 Å². The summed E-state index contributed by atoms with van der Waals surface area (Å²) in [7, 11) is 0. The Morgan fingerprint density at radius 1 is 1.13 bits per heavy atom. The van der Waals surface area contributed by atoms with Crippen molar-refractivity contribution in [1.29, 1.82) is 0 Å². The van der Waals surface area contributed by atoms with Crippen molar-refractivity contribution in [2.75, 3.05) is 0 Å². The Kier molecular flexibility index (Phi) is 6.80. The van der Waals surface area contributed by atoms with Crippen molar-refractivity contribution >= 4 is 52.5 Å². The van der Waals surface area contributed by atoms with Gasteiger partial charge in [0.15, 0.2) is 10.9 Å². The predicted octanol–water partition coefficient (Wildman–Crippen LogP) is 6.10. The highest BCUT2D eigenvalue weighted by atomic mass is 35.5. The van der Waals surface area contributed by atoms with Crippen molar-refractivity contribution in [2.45, 2.75) is 44.8 Å². The fraction of sp³-hybridized carbons (Fsp3) is 0.304. The summed E-state index contributed by atoms with van der Waals surface area (Å²) < 4.78 is 18.8. The molecule has 0 unspecified atom stereocenters. The maximum Gasteiger partial charge on any atom is 0.276 e. The van der Waals surface area contributed by atoms with Crippen LogP contribution in [0.25, 0.3) is 6.08 Å². The van der Waals surface area contributed by atoms with Crippen LogP contribution < -0.4 is 10.1 Å². The average Bonchev–Trinajstić information content (AvgIpc) is 3.02. The Labute approximate surface area is 196 Å². The van der Waals surface area contributed by atoms with E-state index in [1.807, 2.05) is 0 Å². The van der Waals surface area contributed by atoms with E-state index in [-0.39, 0.29) is 24.4 Å². The van der Waals surface area contributed by atoms with Crippen LogP contribution in [0.15, 0.2) is 42.1 Å². The van der Waals surface area contributed by atoms with E-state index in [9.17, 15) is 9.18 Å². The van der Waals surface area contributed by atoms with Crippen LogP contribution in [0.3, 0.4) is 0 Å². The second kappa shape index (κ2) is 9.55. The van der Waals surface area contributed by atoms with Crippen LogP contribution in [0.2, 0.25) is 10.0 Å². The Hall–Kier alpha value is -2.15. The number of thiocarbonyl (C=S) groups is 1. The van der Waals surface area contributed by atoms with Crippen LogP contribution >= 0.6 is 35.4 Å². The zero-order valence-corrected chi connectivity index (χ0v) is 19.0. The summed E-state index contributed by atoms with van der Waals surface area (Å²) in [6.07, 6.45) is 7.06. The molecule has 0 radical (unpaired) electrons. The lowest BCUT2D eigenvalue weighted by molar-refractivity contribution is -0.124. The number of benzene rings is 2. The Balaban J connectivity index is 1.49. The molecule has 0 aromatic heterocycles. The van der Waals surface area contributed by atoms with Gasteiger partial charge in [-0.1, -0.05) is 54.6 Å². The van der Waals surface area contributed by atoms with Gasteiger partial charge in [-0.05, 0) is 66.5 Å². The molecule has 2 fully saturated rings. The van der Waals surface area contributed by atoms with Gasteiger partial charge in [-0.3, -0.25) is 9.69 Å². The van der Waals surface area contributed by atoms with Crippen LogP contribution in [0.5, 0.6) is 5.75 Å². The van der Waals surface area contributed by atoms with E-state index in [0.29, 0.717) is 32.2 Å². The molecule has 0 bridgehead atoms. The Bertz CT molecular complexity index is 1010. The Morgan fingerprint density at radius 2 is 1.77 bits per heavy atom. The Morgan fingerprint density at radius 3 is 2.42 bits per heavy atom. The molecule has 1 saturated heterocycles. The van der Waals surface area contributed by atoms with Gasteiger partial charge in [0, 0.05) is 6.04 Å². The van der Waals surface area contributed by atoms with Gasteiger partial charge < -0.3 is 10.1 Å². The third-order valence-corrected chi connectivity index (χ3v) is 6.34. The number of ether oxygens (including phenoxy) is 1. The largest absolute Gasteiger partial charge is 0.486 e. The highest BCUT2D eigenvalue weighted by Crippen LogP contribution is 2.36. The molecule has 8 heteroatoms. The van der Waals surface area contributed by atoms with Crippen molar-refractivity contribution in [3.63, 3.8) is 0 Å². The first-order valence-electron chi connectivity index (χ1n) is 10.1. The molecule has 1 N–H and O–H groups in total. The lowest BCUT2D eigenvalue weighted by Crippen LogP contribution is -2.41. The number of nitrogens with zero attached hydrogens (tertiary/aromatic N) is 1. The monoisotopic (exact) mass is 478 g/mol. The molecular formula is C23H21Cl2FN2O2S. The van der Waals surface area contributed by atoms with Crippen LogP contribution in [-0.2, 0) is 11.4 Å². The third kappa shape index (κ3) is 5.03. The molecule has 4 rings (SSSR count). The van der Waals surface area contributed by atoms with Crippen molar-refractivity contribution < 1.29 is 13.9 Å². The minimum atomic E-state index is -0.311. The lowest BCUT2D eigenvalue weighted by Gasteiger charge is -2.29. The van der Waals surface area contributed by atoms with E-state index in [4.69, 9.17) is 40.2 Å². The third-order valence-electron chi connectivity index (χ3n) is 5.48. The van der Waals surface area contributed by atoms with Crippen LogP contribution in [-0.4, -0.2) is 22.0 Å². The molecule has 31 heavy (non-hydrogen) atoms. The smallest absolute Gasteiger partial charge is 0.276 e. The fourth-order valence-electron chi connectivity index (χ4n) is 3.92. The number of amides is 1. The number of carbonyl (C=O) groups is 1. The van der Waals surface area contributed by atoms with Gasteiger partial charge >= 0.3 is 0 Å². The van der Waals surface area contributed by atoms with Gasteiger partial charge in [0.1, 0.15) is 18.1 Å². The number of rotatable bonds is 5. The molecule has 1 saturated carbocycles. The van der Waals surface area contributed by atoms with E-state index >= 15 is 0 Å². The minimum absolute atomic E-state index is 0.124. The molecule has 0 spiro atoms. The van der Waals surface area contributed by atoms with Gasteiger partial charge in [0.2, 0.25) is 0 Å². The van der Waals surface area contributed by atoms with Gasteiger partial charge in [0.05, 0.1) is 10.0 Å². The number of hydrogen-bond donors (Lipinski definition) is 1. The van der Waals surface area contributed by atoms with E-state index in [1.54, 1.807) is 35.2 Å². The predicted molar refractivity (Wildman–Crippen MR) is 125 cm³/mol. The lowest BCUT2D eigenvalue weighted by atomic mass is 9.94. The summed E-state index contributed by atoms with van der Waals surface area (Å²) in [4.78, 5) is 14.6. The van der Waals surface area contributed by atoms with Crippen molar-refractivity contribution in [1.82, 2.24) is 10.2 Å². The number of halogens is 3. The second-order valence-electron chi connectivity index (χ2n) is 7.68. The van der Waals surface area contributed by atoms with Crippen molar-refractivity contribution in [2.24, 2.45) is 0 Å². The number of nitrogens with one attached hydrogen (secondary N) is 1. The summed E-state index contributed by atoms with van der Waals surface area (Å²) in [5, 5.41) is 4.11.